The van der Waals surface area contributed by atoms with Crippen molar-refractivity contribution in [3.05, 3.63) is 58.7 Å². The smallest absolute Gasteiger partial charge is 0.254 e. The number of aliphatic hydroxyl groups is 1. The standard InChI is InChI=1S/C20H23NO4/c1-12-9-16-18(14-5-4-6-15(11-14)24-8-7-22)13(2)25-19(16)17(10-12)20(23)21-3/h4-6,9-11,13,18,22H,7-8H2,1-3H3,(H,21,23)/t13?,18-/m0/s1. The molecule has 1 unspecified atom stereocenters. The van der Waals surface area contributed by atoms with Crippen molar-refractivity contribution in [1.82, 2.24) is 5.32 Å². The Kier molecular flexibility index (Phi) is 4.95. The maximum Gasteiger partial charge on any atom is 0.254 e. The lowest BCUT2D eigenvalue weighted by molar-refractivity contribution is 0.0958. The number of aryl methyl sites for hydroxylation is 1. The number of ether oxygens (including phenoxy) is 2. The summed E-state index contributed by atoms with van der Waals surface area (Å²) in [6.45, 7) is 4.23. The molecule has 0 spiro atoms. The Bertz CT molecular complexity index is 787. The average molecular weight is 341 g/mol. The number of benzene rings is 2. The van der Waals surface area contributed by atoms with E-state index in [4.69, 9.17) is 14.6 Å². The van der Waals surface area contributed by atoms with Crippen LogP contribution in [0, 0.1) is 6.92 Å². The van der Waals surface area contributed by atoms with Gasteiger partial charge in [-0.3, -0.25) is 4.79 Å². The molecule has 0 aliphatic carbocycles. The second kappa shape index (κ2) is 7.15. The second-order valence-electron chi connectivity index (χ2n) is 6.26. The van der Waals surface area contributed by atoms with Gasteiger partial charge in [-0.15, -0.1) is 0 Å². The third kappa shape index (κ3) is 3.33. The van der Waals surface area contributed by atoms with Crippen molar-refractivity contribution < 1.29 is 19.4 Å². The number of rotatable bonds is 5. The van der Waals surface area contributed by atoms with E-state index >= 15 is 0 Å². The summed E-state index contributed by atoms with van der Waals surface area (Å²) in [6, 6.07) is 11.7. The van der Waals surface area contributed by atoms with Crippen molar-refractivity contribution in [2.45, 2.75) is 25.9 Å². The highest BCUT2D eigenvalue weighted by molar-refractivity contribution is 5.97. The van der Waals surface area contributed by atoms with Crippen LogP contribution in [0.15, 0.2) is 36.4 Å². The average Bonchev–Trinajstić information content (AvgIpc) is 2.94. The van der Waals surface area contributed by atoms with E-state index in [1.165, 1.54) is 0 Å². The van der Waals surface area contributed by atoms with Crippen molar-refractivity contribution in [2.75, 3.05) is 20.3 Å². The molecular weight excluding hydrogens is 318 g/mol. The number of amides is 1. The molecule has 0 saturated heterocycles. The van der Waals surface area contributed by atoms with Crippen molar-refractivity contribution in [1.29, 1.82) is 0 Å². The number of nitrogens with one attached hydrogen (secondary N) is 1. The Morgan fingerprint density at radius 1 is 1.32 bits per heavy atom. The molecule has 2 N–H and O–H groups in total. The van der Waals surface area contributed by atoms with Crippen LogP contribution in [0.3, 0.4) is 0 Å². The zero-order valence-corrected chi connectivity index (χ0v) is 14.7. The summed E-state index contributed by atoms with van der Waals surface area (Å²) in [5.74, 6) is 1.25. The molecule has 2 atom stereocenters. The quantitative estimate of drug-likeness (QED) is 0.877. The van der Waals surface area contributed by atoms with E-state index in [2.05, 4.69) is 11.4 Å². The van der Waals surface area contributed by atoms with Crippen LogP contribution >= 0.6 is 0 Å². The van der Waals surface area contributed by atoms with Crippen molar-refractivity contribution in [3.8, 4) is 11.5 Å². The topological polar surface area (TPSA) is 67.8 Å². The van der Waals surface area contributed by atoms with Gasteiger partial charge in [0, 0.05) is 18.5 Å². The highest BCUT2D eigenvalue weighted by Gasteiger charge is 2.35. The molecule has 1 aliphatic rings. The molecule has 5 heteroatoms. The van der Waals surface area contributed by atoms with Gasteiger partial charge in [-0.1, -0.05) is 18.2 Å². The number of carbonyl (C=O) groups is 1. The van der Waals surface area contributed by atoms with Crippen LogP contribution in [0.4, 0.5) is 0 Å². The van der Waals surface area contributed by atoms with E-state index in [0.29, 0.717) is 17.1 Å². The predicted octanol–water partition coefficient (Wildman–Crippen LogP) is 2.64. The summed E-state index contributed by atoms with van der Waals surface area (Å²) in [5, 5.41) is 11.6. The van der Waals surface area contributed by atoms with Gasteiger partial charge in [0.1, 0.15) is 24.2 Å². The lowest BCUT2D eigenvalue weighted by atomic mass is 9.87. The molecule has 1 amide bonds. The van der Waals surface area contributed by atoms with Crippen LogP contribution in [-0.2, 0) is 0 Å². The minimum atomic E-state index is -0.146. The fourth-order valence-corrected chi connectivity index (χ4v) is 3.39. The summed E-state index contributed by atoms with van der Waals surface area (Å²) < 4.78 is 11.6. The number of carbonyl (C=O) groups excluding carboxylic acids is 1. The minimum absolute atomic E-state index is 0.0231. The largest absolute Gasteiger partial charge is 0.491 e. The van der Waals surface area contributed by atoms with Gasteiger partial charge in [-0.2, -0.15) is 0 Å². The van der Waals surface area contributed by atoms with Crippen molar-refractivity contribution >= 4 is 5.91 Å². The Balaban J connectivity index is 2.04. The number of aliphatic hydroxyl groups excluding tert-OH is 1. The van der Waals surface area contributed by atoms with Gasteiger partial charge in [0.05, 0.1) is 12.2 Å². The van der Waals surface area contributed by atoms with Crippen molar-refractivity contribution in [3.63, 3.8) is 0 Å². The summed E-state index contributed by atoms with van der Waals surface area (Å²) in [4.78, 5) is 12.2. The third-order valence-corrected chi connectivity index (χ3v) is 4.42. The Hall–Kier alpha value is -2.53. The molecule has 3 rings (SSSR count). The van der Waals surface area contributed by atoms with E-state index in [1.807, 2.05) is 44.2 Å². The zero-order valence-electron chi connectivity index (χ0n) is 14.7. The number of hydrogen-bond donors (Lipinski definition) is 2. The fraction of sp³-hybridized carbons (Fsp3) is 0.350. The molecule has 0 fully saturated rings. The maximum absolute atomic E-state index is 12.2. The van der Waals surface area contributed by atoms with E-state index in [0.717, 1.165) is 16.7 Å². The minimum Gasteiger partial charge on any atom is -0.491 e. The van der Waals surface area contributed by atoms with E-state index in [1.54, 1.807) is 7.05 Å². The molecule has 132 valence electrons. The van der Waals surface area contributed by atoms with E-state index in [-0.39, 0.29) is 31.1 Å². The molecule has 1 aliphatic heterocycles. The SMILES string of the molecule is CNC(=O)c1cc(C)cc2c1OC(C)[C@H]2c1cccc(OCCO)c1. The van der Waals surface area contributed by atoms with Gasteiger partial charge in [-0.25, -0.2) is 0 Å². The van der Waals surface area contributed by atoms with Crippen LogP contribution in [0.1, 0.15) is 39.9 Å². The van der Waals surface area contributed by atoms with Gasteiger partial charge < -0.3 is 19.9 Å². The first-order chi connectivity index (χ1) is 12.0. The molecular formula is C20H23NO4. The highest BCUT2D eigenvalue weighted by Crippen LogP contribution is 2.45. The first kappa shape index (κ1) is 17.3. The molecule has 25 heavy (non-hydrogen) atoms. The van der Waals surface area contributed by atoms with Gasteiger partial charge in [0.2, 0.25) is 0 Å². The monoisotopic (exact) mass is 341 g/mol. The summed E-state index contributed by atoms with van der Waals surface area (Å²) in [6.07, 6.45) is -0.0895. The molecule has 0 aromatic heterocycles. The fourth-order valence-electron chi connectivity index (χ4n) is 3.39. The predicted molar refractivity (Wildman–Crippen MR) is 95.5 cm³/mol. The molecule has 5 nitrogen and oxygen atoms in total. The van der Waals surface area contributed by atoms with Gasteiger partial charge in [-0.05, 0) is 43.2 Å². The van der Waals surface area contributed by atoms with E-state index in [9.17, 15) is 4.79 Å². The molecule has 0 bridgehead atoms. The van der Waals surface area contributed by atoms with Gasteiger partial charge in [0.25, 0.3) is 5.91 Å². The Morgan fingerprint density at radius 3 is 2.84 bits per heavy atom. The highest BCUT2D eigenvalue weighted by atomic mass is 16.5. The van der Waals surface area contributed by atoms with Crippen molar-refractivity contribution in [2.24, 2.45) is 0 Å². The molecule has 2 aromatic rings. The number of hydrogen-bond acceptors (Lipinski definition) is 4. The third-order valence-electron chi connectivity index (χ3n) is 4.42. The first-order valence-corrected chi connectivity index (χ1v) is 8.42. The maximum atomic E-state index is 12.2. The van der Waals surface area contributed by atoms with Gasteiger partial charge >= 0.3 is 0 Å². The summed E-state index contributed by atoms with van der Waals surface area (Å²) in [5.41, 5.74) is 3.67. The van der Waals surface area contributed by atoms with Crippen LogP contribution in [0.25, 0.3) is 0 Å². The van der Waals surface area contributed by atoms with E-state index < -0.39 is 0 Å². The molecule has 1 heterocycles. The Morgan fingerprint density at radius 2 is 2.12 bits per heavy atom. The first-order valence-electron chi connectivity index (χ1n) is 8.42. The lowest BCUT2D eigenvalue weighted by Gasteiger charge is -2.16. The van der Waals surface area contributed by atoms with Gasteiger partial charge in [0.15, 0.2) is 0 Å². The second-order valence-corrected chi connectivity index (χ2v) is 6.26. The van der Waals surface area contributed by atoms with Crippen LogP contribution < -0.4 is 14.8 Å². The molecule has 0 saturated carbocycles. The lowest BCUT2D eigenvalue weighted by Crippen LogP contribution is -2.19. The van der Waals surface area contributed by atoms with Crippen LogP contribution in [0.2, 0.25) is 0 Å². The Labute approximate surface area is 147 Å². The number of fused-ring (bicyclic) bond motifs is 1. The summed E-state index contributed by atoms with van der Waals surface area (Å²) in [7, 11) is 1.62. The van der Waals surface area contributed by atoms with Crippen LogP contribution in [-0.4, -0.2) is 37.4 Å². The zero-order chi connectivity index (χ0) is 18.0. The normalized spacial score (nSPS) is 18.4. The molecule has 2 aromatic carbocycles. The summed E-state index contributed by atoms with van der Waals surface area (Å²) >= 11 is 0. The van der Waals surface area contributed by atoms with Crippen LogP contribution in [0.5, 0.6) is 11.5 Å². The molecule has 0 radical (unpaired) electrons.